The molecule has 0 aliphatic rings. The van der Waals surface area contributed by atoms with E-state index in [1.807, 2.05) is 32.4 Å². The van der Waals surface area contributed by atoms with E-state index in [4.69, 9.17) is 0 Å². The molecule has 1 aromatic heterocycles. The fourth-order valence-electron chi connectivity index (χ4n) is 0.954. The zero-order valence-corrected chi connectivity index (χ0v) is 7.62. The first-order valence-electron chi connectivity index (χ1n) is 4.13. The van der Waals surface area contributed by atoms with Crippen LogP contribution in [0.2, 0.25) is 0 Å². The lowest BCUT2D eigenvalue weighted by molar-refractivity contribution is 0.764. The van der Waals surface area contributed by atoms with Crippen molar-refractivity contribution in [1.82, 2.24) is 15.1 Å². The minimum absolute atomic E-state index is 1.02. The predicted octanol–water partition coefficient (Wildman–Crippen LogP) is 1.04. The van der Waals surface area contributed by atoms with Gasteiger partial charge in [-0.25, -0.2) is 0 Å². The summed E-state index contributed by atoms with van der Waals surface area (Å²) in [5.41, 5.74) is 1.02. The highest BCUT2D eigenvalue weighted by molar-refractivity contribution is 5.43. The van der Waals surface area contributed by atoms with Crippen molar-refractivity contribution < 1.29 is 0 Å². The van der Waals surface area contributed by atoms with Crippen molar-refractivity contribution in [1.29, 1.82) is 0 Å². The van der Waals surface area contributed by atoms with Gasteiger partial charge in [-0.2, -0.15) is 5.10 Å². The molecule has 1 heterocycles. The van der Waals surface area contributed by atoms with E-state index in [2.05, 4.69) is 16.5 Å². The molecule has 1 rings (SSSR count). The molecule has 0 radical (unpaired) electrons. The summed E-state index contributed by atoms with van der Waals surface area (Å²) in [6.07, 6.45) is 7.15. The molecule has 3 heteroatoms. The Kier molecular flexibility index (Phi) is 3.54. The minimum Gasteiger partial charge on any atom is -0.319 e. The molecule has 0 saturated carbocycles. The average Bonchev–Trinajstić information content (AvgIpc) is 2.45. The van der Waals surface area contributed by atoms with Gasteiger partial charge < -0.3 is 5.32 Å². The lowest BCUT2D eigenvalue weighted by atomic mass is 10.3. The van der Waals surface area contributed by atoms with Gasteiger partial charge in [-0.05, 0) is 32.2 Å². The normalized spacial score (nSPS) is 11.2. The van der Waals surface area contributed by atoms with Crippen LogP contribution in [-0.2, 0) is 7.05 Å². The Morgan fingerprint density at radius 3 is 3.08 bits per heavy atom. The van der Waals surface area contributed by atoms with Gasteiger partial charge in [0.2, 0.25) is 0 Å². The van der Waals surface area contributed by atoms with Crippen molar-refractivity contribution in [3.05, 3.63) is 24.0 Å². The third-order valence-electron chi connectivity index (χ3n) is 1.58. The highest BCUT2D eigenvalue weighted by atomic mass is 15.2. The third-order valence-corrected chi connectivity index (χ3v) is 1.58. The molecular weight excluding hydrogens is 150 g/mol. The van der Waals surface area contributed by atoms with E-state index in [0.717, 1.165) is 18.7 Å². The largest absolute Gasteiger partial charge is 0.319 e. The Hall–Kier alpha value is -1.09. The van der Waals surface area contributed by atoms with Gasteiger partial charge in [0.15, 0.2) is 0 Å². The fourth-order valence-corrected chi connectivity index (χ4v) is 0.954. The quantitative estimate of drug-likeness (QED) is 0.676. The van der Waals surface area contributed by atoms with Crippen molar-refractivity contribution in [2.24, 2.45) is 7.05 Å². The summed E-state index contributed by atoms with van der Waals surface area (Å²) in [5, 5.41) is 7.30. The first-order valence-corrected chi connectivity index (χ1v) is 4.13. The van der Waals surface area contributed by atoms with Crippen LogP contribution in [0.5, 0.6) is 0 Å². The van der Waals surface area contributed by atoms with Crippen LogP contribution in [0.15, 0.2) is 18.3 Å². The summed E-state index contributed by atoms with van der Waals surface area (Å²) in [6, 6.07) is 2.00. The summed E-state index contributed by atoms with van der Waals surface area (Å²) >= 11 is 0. The van der Waals surface area contributed by atoms with Gasteiger partial charge in [0, 0.05) is 13.2 Å². The van der Waals surface area contributed by atoms with Crippen LogP contribution in [0.1, 0.15) is 12.1 Å². The van der Waals surface area contributed by atoms with Crippen LogP contribution in [0, 0.1) is 0 Å². The van der Waals surface area contributed by atoms with E-state index >= 15 is 0 Å². The van der Waals surface area contributed by atoms with Crippen molar-refractivity contribution in [2.75, 3.05) is 13.6 Å². The van der Waals surface area contributed by atoms with Crippen LogP contribution < -0.4 is 5.32 Å². The molecule has 66 valence electrons. The Morgan fingerprint density at radius 1 is 1.67 bits per heavy atom. The Labute approximate surface area is 73.1 Å². The Morgan fingerprint density at radius 2 is 2.50 bits per heavy atom. The average molecular weight is 165 g/mol. The summed E-state index contributed by atoms with van der Waals surface area (Å²) < 4.78 is 1.80. The highest BCUT2D eigenvalue weighted by Crippen LogP contribution is 1.97. The van der Waals surface area contributed by atoms with E-state index in [9.17, 15) is 0 Å². The molecule has 0 aliphatic heterocycles. The third kappa shape index (κ3) is 2.88. The van der Waals surface area contributed by atoms with E-state index in [1.54, 1.807) is 4.68 Å². The molecule has 1 N–H and O–H groups in total. The summed E-state index contributed by atoms with van der Waals surface area (Å²) in [7, 11) is 3.87. The van der Waals surface area contributed by atoms with Crippen molar-refractivity contribution in [3.8, 4) is 0 Å². The van der Waals surface area contributed by atoms with Crippen molar-refractivity contribution in [2.45, 2.75) is 6.42 Å². The maximum absolute atomic E-state index is 4.22. The smallest absolute Gasteiger partial charge is 0.0847 e. The molecule has 0 spiro atoms. The van der Waals surface area contributed by atoms with Gasteiger partial charge in [-0.1, -0.05) is 6.08 Å². The first kappa shape index (κ1) is 9.00. The molecule has 0 aromatic carbocycles. The monoisotopic (exact) mass is 165 g/mol. The maximum Gasteiger partial charge on any atom is 0.0847 e. The number of rotatable bonds is 4. The molecule has 3 nitrogen and oxygen atoms in total. The maximum atomic E-state index is 4.22. The standard InChI is InChI=1S/C9H15N3/c1-10-7-4-3-5-9-6-8-12(2)11-9/h3,5-6,8,10H,4,7H2,1-2H3. The molecule has 0 amide bonds. The second kappa shape index (κ2) is 4.72. The molecule has 0 aliphatic carbocycles. The molecule has 12 heavy (non-hydrogen) atoms. The van der Waals surface area contributed by atoms with Gasteiger partial charge in [0.25, 0.3) is 0 Å². The summed E-state index contributed by atoms with van der Waals surface area (Å²) in [6.45, 7) is 1.02. The van der Waals surface area contributed by atoms with Gasteiger partial charge in [0.1, 0.15) is 0 Å². The van der Waals surface area contributed by atoms with Gasteiger partial charge in [0.05, 0.1) is 5.69 Å². The van der Waals surface area contributed by atoms with Crippen molar-refractivity contribution in [3.63, 3.8) is 0 Å². The molecular formula is C9H15N3. The number of hydrogen-bond acceptors (Lipinski definition) is 2. The van der Waals surface area contributed by atoms with Gasteiger partial charge in [-0.15, -0.1) is 0 Å². The SMILES string of the molecule is CNCCC=Cc1ccn(C)n1. The Balaban J connectivity index is 2.36. The minimum atomic E-state index is 1.02. The van der Waals surface area contributed by atoms with Crippen LogP contribution in [0.3, 0.4) is 0 Å². The van der Waals surface area contributed by atoms with E-state index in [-0.39, 0.29) is 0 Å². The lowest BCUT2D eigenvalue weighted by Gasteiger charge is -1.89. The summed E-state index contributed by atoms with van der Waals surface area (Å²) in [5.74, 6) is 0. The molecule has 0 unspecified atom stereocenters. The summed E-state index contributed by atoms with van der Waals surface area (Å²) in [4.78, 5) is 0. The van der Waals surface area contributed by atoms with Gasteiger partial charge in [-0.3, -0.25) is 4.68 Å². The van der Waals surface area contributed by atoms with Gasteiger partial charge >= 0.3 is 0 Å². The lowest BCUT2D eigenvalue weighted by Crippen LogP contribution is -2.05. The molecule has 0 fully saturated rings. The van der Waals surface area contributed by atoms with Crippen molar-refractivity contribution >= 4 is 6.08 Å². The van der Waals surface area contributed by atoms with Crippen LogP contribution in [-0.4, -0.2) is 23.4 Å². The van der Waals surface area contributed by atoms with Crippen LogP contribution in [0.25, 0.3) is 6.08 Å². The zero-order valence-electron chi connectivity index (χ0n) is 7.62. The molecule has 0 atom stereocenters. The topological polar surface area (TPSA) is 29.9 Å². The van der Waals surface area contributed by atoms with Crippen LogP contribution >= 0.6 is 0 Å². The number of aryl methyl sites for hydroxylation is 1. The van der Waals surface area contributed by atoms with E-state index in [1.165, 1.54) is 0 Å². The van der Waals surface area contributed by atoms with Crippen LogP contribution in [0.4, 0.5) is 0 Å². The number of nitrogens with one attached hydrogen (secondary N) is 1. The highest BCUT2D eigenvalue weighted by Gasteiger charge is 1.88. The fraction of sp³-hybridized carbons (Fsp3) is 0.444. The van der Waals surface area contributed by atoms with E-state index < -0.39 is 0 Å². The second-order valence-corrected chi connectivity index (χ2v) is 2.71. The van der Waals surface area contributed by atoms with E-state index in [0.29, 0.717) is 0 Å². The molecule has 1 aromatic rings. The zero-order chi connectivity index (χ0) is 8.81. The second-order valence-electron chi connectivity index (χ2n) is 2.71. The number of aromatic nitrogens is 2. The Bertz CT molecular complexity index is 250. The number of nitrogens with zero attached hydrogens (tertiary/aromatic N) is 2. The first-order chi connectivity index (χ1) is 5.83. The molecule has 0 saturated heterocycles. The predicted molar refractivity (Wildman–Crippen MR) is 50.8 cm³/mol. The number of hydrogen-bond donors (Lipinski definition) is 1. The molecule has 0 bridgehead atoms.